The van der Waals surface area contributed by atoms with Gasteiger partial charge in [0.05, 0.1) is 12.2 Å². The van der Waals surface area contributed by atoms with Crippen molar-refractivity contribution in [1.82, 2.24) is 10.6 Å². The molecule has 12 heteroatoms. The van der Waals surface area contributed by atoms with Crippen LogP contribution in [0.1, 0.15) is 46.5 Å². The molecule has 0 heterocycles. The molecule has 0 aliphatic heterocycles. The van der Waals surface area contributed by atoms with E-state index in [9.17, 15) is 24.3 Å². The van der Waals surface area contributed by atoms with Gasteiger partial charge in [-0.3, -0.25) is 0 Å². The molecule has 0 aliphatic rings. The molecule has 0 aromatic heterocycles. The number of unbranched alkanes of at least 4 members (excludes halogenated alkanes) is 3. The smallest absolute Gasteiger partial charge is 0.407 e. The molecule has 1 unspecified atom stereocenters. The van der Waals surface area contributed by atoms with Gasteiger partial charge in [-0.05, 0) is 33.6 Å². The van der Waals surface area contributed by atoms with Crippen LogP contribution in [0.25, 0.3) is 0 Å². The number of aliphatic hydroxyl groups excluding tert-OH is 1. The van der Waals surface area contributed by atoms with Gasteiger partial charge in [0, 0.05) is 25.2 Å². The molecule has 12 nitrogen and oxygen atoms in total. The van der Waals surface area contributed by atoms with Gasteiger partial charge >= 0.3 is 24.1 Å². The molecular weight excluding hydrogens is 440 g/mol. The maximum Gasteiger partial charge on any atom is 0.407 e. The standard InChI is InChI=1S/C15H30N2O6.2C3H4O2/c1-12(15(2,3)21)23-14(20)17-9-7-5-4-6-8-16-13(19)22-11-10-18;2*1-2-3(4)5/h12,18,21H,4-11H2,1-3H3,(H,16,19)(H,17,20);2*2H,1H2,(H,4,5). The number of ether oxygens (including phenoxy) is 2. The van der Waals surface area contributed by atoms with Crippen LogP contribution in [0.5, 0.6) is 0 Å². The Labute approximate surface area is 194 Å². The van der Waals surface area contributed by atoms with Crippen molar-refractivity contribution >= 4 is 24.1 Å². The van der Waals surface area contributed by atoms with Crippen LogP contribution in [-0.4, -0.2) is 82.6 Å². The number of carboxylic acids is 2. The summed E-state index contributed by atoms with van der Waals surface area (Å²) in [6, 6.07) is 0. The topological polar surface area (TPSA) is 192 Å². The van der Waals surface area contributed by atoms with Gasteiger partial charge in [-0.15, -0.1) is 0 Å². The van der Waals surface area contributed by atoms with Crippen molar-refractivity contribution in [3.8, 4) is 0 Å². The van der Waals surface area contributed by atoms with E-state index in [0.29, 0.717) is 13.1 Å². The van der Waals surface area contributed by atoms with Crippen molar-refractivity contribution < 1.29 is 49.1 Å². The number of alkyl carbamates (subject to hydrolysis) is 2. The lowest BCUT2D eigenvalue weighted by atomic mass is 10.0. The van der Waals surface area contributed by atoms with E-state index in [4.69, 9.17) is 20.1 Å². The predicted octanol–water partition coefficient (Wildman–Crippen LogP) is 1.66. The van der Waals surface area contributed by atoms with Gasteiger partial charge in [0.25, 0.3) is 0 Å². The van der Waals surface area contributed by atoms with Crippen molar-refractivity contribution in [2.24, 2.45) is 0 Å². The first-order chi connectivity index (χ1) is 15.3. The van der Waals surface area contributed by atoms with Crippen molar-refractivity contribution in [3.05, 3.63) is 25.3 Å². The van der Waals surface area contributed by atoms with Crippen LogP contribution in [0.4, 0.5) is 9.59 Å². The lowest BCUT2D eigenvalue weighted by molar-refractivity contribution is -0.132. The fourth-order valence-corrected chi connectivity index (χ4v) is 1.52. The highest BCUT2D eigenvalue weighted by Crippen LogP contribution is 2.11. The quantitative estimate of drug-likeness (QED) is 0.167. The van der Waals surface area contributed by atoms with E-state index in [0.717, 1.165) is 37.8 Å². The van der Waals surface area contributed by atoms with Gasteiger partial charge in [-0.1, -0.05) is 26.0 Å². The van der Waals surface area contributed by atoms with Gasteiger partial charge < -0.3 is 40.5 Å². The molecule has 192 valence electrons. The van der Waals surface area contributed by atoms with Crippen molar-refractivity contribution in [2.75, 3.05) is 26.3 Å². The lowest BCUT2D eigenvalue weighted by Gasteiger charge is -2.25. The molecule has 0 aromatic carbocycles. The van der Waals surface area contributed by atoms with Crippen LogP contribution in [0.3, 0.4) is 0 Å². The van der Waals surface area contributed by atoms with E-state index >= 15 is 0 Å². The number of carbonyl (C=O) groups is 4. The van der Waals surface area contributed by atoms with Crippen LogP contribution in [-0.2, 0) is 19.1 Å². The molecule has 2 amide bonds. The zero-order valence-electron chi connectivity index (χ0n) is 19.5. The molecule has 0 saturated carbocycles. The molecule has 0 fully saturated rings. The van der Waals surface area contributed by atoms with Crippen LogP contribution in [0, 0.1) is 0 Å². The molecule has 0 aliphatic carbocycles. The first kappa shape index (κ1) is 34.5. The number of nitrogens with one attached hydrogen (secondary N) is 2. The molecule has 0 bridgehead atoms. The van der Waals surface area contributed by atoms with E-state index in [1.54, 1.807) is 20.8 Å². The number of carbonyl (C=O) groups excluding carboxylic acids is 2. The van der Waals surface area contributed by atoms with Gasteiger partial charge in [-0.2, -0.15) is 0 Å². The fourth-order valence-electron chi connectivity index (χ4n) is 1.52. The minimum atomic E-state index is -1.07. The second-order valence-electron chi connectivity index (χ2n) is 6.91. The SMILES string of the molecule is C=CC(=O)O.C=CC(=O)O.CC(OC(=O)NCCCCCCNC(=O)OCCO)C(C)(C)O. The Kier molecular flexibility index (Phi) is 23.1. The number of hydrogen-bond donors (Lipinski definition) is 6. The Morgan fingerprint density at radius 3 is 1.64 bits per heavy atom. The summed E-state index contributed by atoms with van der Waals surface area (Å²) in [5, 5.41) is 38.6. The Bertz CT molecular complexity index is 570. The molecule has 6 N–H and O–H groups in total. The highest BCUT2D eigenvalue weighted by atomic mass is 16.6. The average molecular weight is 479 g/mol. The second-order valence-corrected chi connectivity index (χ2v) is 6.91. The summed E-state index contributed by atoms with van der Waals surface area (Å²) < 4.78 is 9.68. The van der Waals surface area contributed by atoms with Crippen LogP contribution in [0.2, 0.25) is 0 Å². The molecule has 0 aromatic rings. The van der Waals surface area contributed by atoms with Crippen LogP contribution >= 0.6 is 0 Å². The van der Waals surface area contributed by atoms with Crippen molar-refractivity contribution in [2.45, 2.75) is 58.2 Å². The summed E-state index contributed by atoms with van der Waals surface area (Å²) in [5.41, 5.74) is -1.07. The third-order valence-electron chi connectivity index (χ3n) is 3.59. The normalized spacial score (nSPS) is 10.6. The molecule has 0 rings (SSSR count). The van der Waals surface area contributed by atoms with Crippen LogP contribution < -0.4 is 10.6 Å². The summed E-state index contributed by atoms with van der Waals surface area (Å²) in [4.78, 5) is 41.0. The first-order valence-corrected chi connectivity index (χ1v) is 10.2. The Balaban J connectivity index is -0.000000746. The van der Waals surface area contributed by atoms with E-state index in [-0.39, 0.29) is 13.2 Å². The highest BCUT2D eigenvalue weighted by molar-refractivity contribution is 5.79. The Hall–Kier alpha value is -3.12. The summed E-state index contributed by atoms with van der Waals surface area (Å²) in [5.74, 6) is -1.96. The summed E-state index contributed by atoms with van der Waals surface area (Å²) in [6.07, 6.45) is 3.47. The van der Waals surface area contributed by atoms with Crippen LogP contribution in [0.15, 0.2) is 25.3 Å². The molecule has 0 radical (unpaired) electrons. The van der Waals surface area contributed by atoms with E-state index in [1.165, 1.54) is 0 Å². The van der Waals surface area contributed by atoms with Crippen molar-refractivity contribution in [3.63, 3.8) is 0 Å². The van der Waals surface area contributed by atoms with E-state index < -0.39 is 35.8 Å². The van der Waals surface area contributed by atoms with Gasteiger partial charge in [0.1, 0.15) is 12.7 Å². The predicted molar refractivity (Wildman–Crippen MR) is 121 cm³/mol. The third kappa shape index (κ3) is 31.2. The number of rotatable bonds is 13. The number of aliphatic hydroxyl groups is 2. The Morgan fingerprint density at radius 1 is 0.909 bits per heavy atom. The van der Waals surface area contributed by atoms with Gasteiger partial charge in [0.15, 0.2) is 0 Å². The summed E-state index contributed by atoms with van der Waals surface area (Å²) in [7, 11) is 0. The highest BCUT2D eigenvalue weighted by Gasteiger charge is 2.25. The number of amides is 2. The minimum absolute atomic E-state index is 0.000314. The summed E-state index contributed by atoms with van der Waals surface area (Å²) in [6.45, 7) is 11.6. The average Bonchev–Trinajstić information content (AvgIpc) is 2.74. The molecule has 0 spiro atoms. The zero-order valence-corrected chi connectivity index (χ0v) is 19.5. The number of aliphatic carboxylic acids is 2. The fraction of sp³-hybridized carbons (Fsp3) is 0.619. The van der Waals surface area contributed by atoms with Crippen molar-refractivity contribution in [1.29, 1.82) is 0 Å². The number of carboxylic acid groups (broad SMARTS) is 2. The minimum Gasteiger partial charge on any atom is -0.478 e. The summed E-state index contributed by atoms with van der Waals surface area (Å²) >= 11 is 0. The molecule has 33 heavy (non-hydrogen) atoms. The first-order valence-electron chi connectivity index (χ1n) is 10.2. The second kappa shape index (κ2) is 22.1. The maximum absolute atomic E-state index is 11.5. The monoisotopic (exact) mass is 478 g/mol. The number of hydrogen-bond acceptors (Lipinski definition) is 8. The molecule has 0 saturated heterocycles. The largest absolute Gasteiger partial charge is 0.478 e. The Morgan fingerprint density at radius 2 is 1.30 bits per heavy atom. The lowest BCUT2D eigenvalue weighted by Crippen LogP contribution is -2.40. The molecule has 1 atom stereocenters. The zero-order chi connectivity index (χ0) is 26.3. The van der Waals surface area contributed by atoms with Gasteiger partial charge in [0.2, 0.25) is 0 Å². The third-order valence-corrected chi connectivity index (χ3v) is 3.59. The maximum atomic E-state index is 11.5. The molecular formula is C21H38N2O10. The van der Waals surface area contributed by atoms with E-state index in [1.807, 2.05) is 0 Å². The van der Waals surface area contributed by atoms with E-state index in [2.05, 4.69) is 28.5 Å². The van der Waals surface area contributed by atoms with Gasteiger partial charge in [-0.25, -0.2) is 19.2 Å².